The molecule has 5 nitrogen and oxygen atoms in total. The van der Waals surface area contributed by atoms with Gasteiger partial charge >= 0.3 is 0 Å². The number of aryl methyl sites for hydroxylation is 1. The van der Waals surface area contributed by atoms with Crippen LogP contribution in [0.5, 0.6) is 0 Å². The van der Waals surface area contributed by atoms with Gasteiger partial charge in [0.2, 0.25) is 0 Å². The number of H-pyrrole nitrogens is 1. The smallest absolute Gasteiger partial charge is 0.197 e. The summed E-state index contributed by atoms with van der Waals surface area (Å²) in [7, 11) is 0. The van der Waals surface area contributed by atoms with Crippen LogP contribution in [0.2, 0.25) is 0 Å². The van der Waals surface area contributed by atoms with Crippen LogP contribution in [-0.4, -0.2) is 22.7 Å². The summed E-state index contributed by atoms with van der Waals surface area (Å²) in [5.41, 5.74) is 4.22. The lowest BCUT2D eigenvalue weighted by molar-refractivity contribution is 0.595. The van der Waals surface area contributed by atoms with E-state index in [2.05, 4.69) is 35.4 Å². The van der Waals surface area contributed by atoms with Crippen molar-refractivity contribution in [2.24, 2.45) is 0 Å². The van der Waals surface area contributed by atoms with Gasteiger partial charge in [-0.05, 0) is 55.2 Å². The summed E-state index contributed by atoms with van der Waals surface area (Å²) in [4.78, 5) is 30.6. The average molecular weight is 440 g/mol. The number of nitrogens with zero attached hydrogens (tertiary/aromatic N) is 2. The molecule has 0 saturated heterocycles. The van der Waals surface area contributed by atoms with Gasteiger partial charge < -0.3 is 9.99 Å². The SMILES string of the molecule is CCCN(CCC)n1c2ccccc2c(=O)c2cc3[nH]c4cccc(CC)c4c(=O)c3cc21. The lowest BCUT2D eigenvalue weighted by Crippen LogP contribution is -2.37. The molecule has 2 heterocycles. The predicted octanol–water partition coefficient (Wildman–Crippen LogP) is 5.47. The molecule has 5 rings (SSSR count). The third-order valence-electron chi connectivity index (χ3n) is 6.50. The van der Waals surface area contributed by atoms with Crippen LogP contribution < -0.4 is 15.9 Å². The molecule has 0 aliphatic carbocycles. The van der Waals surface area contributed by atoms with Gasteiger partial charge in [0.05, 0.1) is 27.5 Å². The van der Waals surface area contributed by atoms with E-state index >= 15 is 0 Å². The third kappa shape index (κ3) is 3.30. The topological polar surface area (TPSA) is 58.1 Å². The molecule has 2 aromatic heterocycles. The number of para-hydroxylation sites is 1. The fourth-order valence-corrected chi connectivity index (χ4v) is 5.04. The van der Waals surface area contributed by atoms with Crippen molar-refractivity contribution < 1.29 is 0 Å². The maximum Gasteiger partial charge on any atom is 0.197 e. The Morgan fingerprint density at radius 1 is 0.758 bits per heavy atom. The molecule has 0 atom stereocenters. The monoisotopic (exact) mass is 439 g/mol. The molecule has 0 spiro atoms. The lowest BCUT2D eigenvalue weighted by Gasteiger charge is -2.30. The van der Waals surface area contributed by atoms with Crippen molar-refractivity contribution in [3.63, 3.8) is 0 Å². The molecule has 3 aromatic carbocycles. The zero-order valence-electron chi connectivity index (χ0n) is 19.4. The number of aromatic amines is 1. The average Bonchev–Trinajstić information content (AvgIpc) is 2.83. The fraction of sp³-hybridized carbons (Fsp3) is 0.286. The van der Waals surface area contributed by atoms with Crippen molar-refractivity contribution in [3.05, 3.63) is 80.6 Å². The second kappa shape index (κ2) is 8.39. The first kappa shape index (κ1) is 21.3. The van der Waals surface area contributed by atoms with Crippen molar-refractivity contribution >= 4 is 43.6 Å². The highest BCUT2D eigenvalue weighted by Crippen LogP contribution is 2.25. The second-order valence-electron chi connectivity index (χ2n) is 8.67. The van der Waals surface area contributed by atoms with Crippen molar-refractivity contribution in [3.8, 4) is 0 Å². The molecule has 1 N–H and O–H groups in total. The van der Waals surface area contributed by atoms with E-state index in [-0.39, 0.29) is 10.9 Å². The van der Waals surface area contributed by atoms with Crippen molar-refractivity contribution in [1.29, 1.82) is 0 Å². The fourth-order valence-electron chi connectivity index (χ4n) is 5.04. The summed E-state index contributed by atoms with van der Waals surface area (Å²) in [5.74, 6) is 0. The minimum atomic E-state index is -0.00467. The van der Waals surface area contributed by atoms with Crippen LogP contribution in [0.15, 0.2) is 64.2 Å². The van der Waals surface area contributed by atoms with Crippen molar-refractivity contribution in [1.82, 2.24) is 9.66 Å². The largest absolute Gasteiger partial charge is 0.354 e. The maximum atomic E-state index is 13.7. The summed E-state index contributed by atoms with van der Waals surface area (Å²) < 4.78 is 2.16. The van der Waals surface area contributed by atoms with Crippen LogP contribution in [0, 0.1) is 0 Å². The van der Waals surface area contributed by atoms with Gasteiger partial charge in [-0.2, -0.15) is 0 Å². The molecule has 0 aliphatic heterocycles. The van der Waals surface area contributed by atoms with Crippen molar-refractivity contribution in [2.75, 3.05) is 18.1 Å². The first-order valence-electron chi connectivity index (χ1n) is 11.9. The second-order valence-corrected chi connectivity index (χ2v) is 8.67. The summed E-state index contributed by atoms with van der Waals surface area (Å²) >= 11 is 0. The van der Waals surface area contributed by atoms with E-state index in [0.29, 0.717) is 21.7 Å². The van der Waals surface area contributed by atoms with Gasteiger partial charge in [-0.25, -0.2) is 0 Å². The van der Waals surface area contributed by atoms with Gasteiger partial charge in [-0.15, -0.1) is 0 Å². The quantitative estimate of drug-likeness (QED) is 0.357. The molecular weight excluding hydrogens is 410 g/mol. The summed E-state index contributed by atoms with van der Waals surface area (Å²) in [6.07, 6.45) is 2.76. The van der Waals surface area contributed by atoms with Crippen LogP contribution in [0.25, 0.3) is 43.6 Å². The summed E-state index contributed by atoms with van der Waals surface area (Å²) in [6.45, 7) is 8.11. The zero-order valence-corrected chi connectivity index (χ0v) is 19.4. The van der Waals surface area contributed by atoms with Crippen LogP contribution in [0.1, 0.15) is 39.2 Å². The Labute approximate surface area is 192 Å². The predicted molar refractivity (Wildman–Crippen MR) is 139 cm³/mol. The molecule has 0 aliphatic rings. The molecule has 5 heteroatoms. The first-order valence-corrected chi connectivity index (χ1v) is 11.9. The van der Waals surface area contributed by atoms with E-state index in [1.807, 2.05) is 54.6 Å². The number of benzene rings is 3. The molecular formula is C28H29N3O2. The Bertz CT molecular complexity index is 1620. The number of fused-ring (bicyclic) bond motifs is 4. The van der Waals surface area contributed by atoms with Gasteiger partial charge in [0.1, 0.15) is 0 Å². The zero-order chi connectivity index (χ0) is 23.1. The minimum Gasteiger partial charge on any atom is -0.354 e. The van der Waals surface area contributed by atoms with Crippen molar-refractivity contribution in [2.45, 2.75) is 40.0 Å². The Hall–Kier alpha value is -3.60. The molecule has 0 amide bonds. The molecule has 5 aromatic rings. The third-order valence-corrected chi connectivity index (χ3v) is 6.50. The summed E-state index contributed by atoms with van der Waals surface area (Å²) in [5, 5.41) is 4.97. The number of hydrogen-bond donors (Lipinski definition) is 1. The lowest BCUT2D eigenvalue weighted by atomic mass is 10.0. The van der Waals surface area contributed by atoms with E-state index in [4.69, 9.17) is 0 Å². The van der Waals surface area contributed by atoms with Crippen LogP contribution in [0.3, 0.4) is 0 Å². The Morgan fingerprint density at radius 2 is 1.52 bits per heavy atom. The molecule has 33 heavy (non-hydrogen) atoms. The van der Waals surface area contributed by atoms with Gasteiger partial charge in [0.15, 0.2) is 10.9 Å². The molecule has 0 saturated carbocycles. The Morgan fingerprint density at radius 3 is 2.24 bits per heavy atom. The number of aromatic nitrogens is 2. The molecule has 0 bridgehead atoms. The van der Waals surface area contributed by atoms with E-state index in [0.717, 1.165) is 59.9 Å². The van der Waals surface area contributed by atoms with Crippen LogP contribution >= 0.6 is 0 Å². The molecule has 168 valence electrons. The highest BCUT2D eigenvalue weighted by atomic mass is 16.1. The minimum absolute atomic E-state index is 0.00467. The van der Waals surface area contributed by atoms with Gasteiger partial charge in [-0.3, -0.25) is 14.3 Å². The number of pyridine rings is 2. The first-order chi connectivity index (χ1) is 16.1. The number of hydrogen-bond acceptors (Lipinski definition) is 3. The molecule has 0 unspecified atom stereocenters. The number of rotatable bonds is 6. The standard InChI is InChI=1S/C28H29N3O2/c1-4-14-30(15-5-2)31-24-13-8-7-11-19(24)27(32)21-16-23-20(17-25(21)31)28(33)26-18(6-3)10-9-12-22(26)29-23/h7-13,16-17H,4-6,14-15H2,1-3H3,(H,29,33). The maximum absolute atomic E-state index is 13.7. The van der Waals surface area contributed by atoms with Crippen LogP contribution in [0.4, 0.5) is 0 Å². The molecule has 0 radical (unpaired) electrons. The molecule has 0 fully saturated rings. The Kier molecular flexibility index (Phi) is 5.41. The van der Waals surface area contributed by atoms with E-state index in [1.165, 1.54) is 0 Å². The van der Waals surface area contributed by atoms with Gasteiger partial charge in [0.25, 0.3) is 0 Å². The van der Waals surface area contributed by atoms with Crippen LogP contribution in [-0.2, 0) is 6.42 Å². The van der Waals surface area contributed by atoms with Gasteiger partial charge in [-0.1, -0.05) is 45.0 Å². The van der Waals surface area contributed by atoms with Gasteiger partial charge in [0, 0.05) is 29.2 Å². The number of nitrogens with one attached hydrogen (secondary N) is 1. The highest BCUT2D eigenvalue weighted by molar-refractivity contribution is 6.03. The van der Waals surface area contributed by atoms with E-state index in [9.17, 15) is 9.59 Å². The highest BCUT2D eigenvalue weighted by Gasteiger charge is 2.18. The Balaban J connectivity index is 1.99. The summed E-state index contributed by atoms with van der Waals surface area (Å²) in [6, 6.07) is 17.5. The van der Waals surface area contributed by atoms with E-state index in [1.54, 1.807) is 0 Å². The normalized spacial score (nSPS) is 11.7. The van der Waals surface area contributed by atoms with E-state index < -0.39 is 0 Å².